The lowest BCUT2D eigenvalue weighted by Crippen LogP contribution is -2.49. The summed E-state index contributed by atoms with van der Waals surface area (Å²) in [6, 6.07) is 66.9. The molecule has 2 fully saturated rings. The zero-order valence-electron chi connectivity index (χ0n) is 48.0. The SMILES string of the molecule is N=C(N)NCCC[C@@H]1N[C@H](CNC(=O)Cc2ccc3ccccc3c2)CCN(C(c2ccccc2)c2ccccc2)C1=O.N=C(N)NCCC[C@@H]1N[C@H](CNC(=O)c2ccc3ccccc3c2)CCN(C(c2ccccc2)c2ccccc2)C1=O. The van der Waals surface area contributed by atoms with Crippen LogP contribution < -0.4 is 43.4 Å². The molecule has 0 aromatic heterocycles. The number of nitrogens with two attached hydrogens (primary N) is 2. The molecule has 0 radical (unpaired) electrons. The third-order valence-corrected chi connectivity index (χ3v) is 15.8. The molecule has 12 N–H and O–H groups in total. The Bertz CT molecular complexity index is 3420. The molecule has 2 heterocycles. The predicted octanol–water partition coefficient (Wildman–Crippen LogP) is 8.29. The fourth-order valence-electron chi connectivity index (χ4n) is 11.5. The van der Waals surface area contributed by atoms with Crippen LogP contribution in [0.2, 0.25) is 0 Å². The highest BCUT2D eigenvalue weighted by Gasteiger charge is 2.37. The summed E-state index contributed by atoms with van der Waals surface area (Å²) in [6.45, 7) is 2.93. The number of benzene rings is 8. The average molecular weight is 1140 g/mol. The molecule has 438 valence electrons. The van der Waals surface area contributed by atoms with E-state index in [1.54, 1.807) is 0 Å². The summed E-state index contributed by atoms with van der Waals surface area (Å²) in [7, 11) is 0. The summed E-state index contributed by atoms with van der Waals surface area (Å²) in [5.74, 6) is -0.285. The quantitative estimate of drug-likeness (QED) is 0.0187. The number of amides is 4. The molecule has 0 unspecified atom stereocenters. The lowest BCUT2D eigenvalue weighted by molar-refractivity contribution is -0.135. The van der Waals surface area contributed by atoms with Gasteiger partial charge in [0.1, 0.15) is 0 Å². The molecule has 16 heteroatoms. The number of rotatable bonds is 21. The van der Waals surface area contributed by atoms with E-state index in [2.05, 4.69) is 98.6 Å². The first-order valence-electron chi connectivity index (χ1n) is 29.5. The lowest BCUT2D eigenvalue weighted by atomic mass is 9.96. The summed E-state index contributed by atoms with van der Waals surface area (Å²) < 4.78 is 0. The van der Waals surface area contributed by atoms with E-state index in [1.807, 2.05) is 149 Å². The van der Waals surface area contributed by atoms with Crippen LogP contribution in [-0.2, 0) is 20.8 Å². The predicted molar refractivity (Wildman–Crippen MR) is 339 cm³/mol. The van der Waals surface area contributed by atoms with E-state index < -0.39 is 12.1 Å². The summed E-state index contributed by atoms with van der Waals surface area (Å²) >= 11 is 0. The van der Waals surface area contributed by atoms with Gasteiger partial charge in [-0.1, -0.05) is 194 Å². The van der Waals surface area contributed by atoms with E-state index in [1.165, 1.54) is 0 Å². The summed E-state index contributed by atoms with van der Waals surface area (Å²) in [5, 5.41) is 38.3. The van der Waals surface area contributed by atoms with Crippen molar-refractivity contribution in [1.29, 1.82) is 10.8 Å². The van der Waals surface area contributed by atoms with Crippen LogP contribution in [0.4, 0.5) is 0 Å². The molecule has 0 bridgehead atoms. The van der Waals surface area contributed by atoms with Crippen LogP contribution in [0.15, 0.2) is 206 Å². The second kappa shape index (κ2) is 30.3. The Balaban J connectivity index is 0.000000204. The lowest BCUT2D eigenvalue weighted by Gasteiger charge is -2.33. The van der Waals surface area contributed by atoms with E-state index >= 15 is 0 Å². The van der Waals surface area contributed by atoms with Gasteiger partial charge in [-0.05, 0) is 100 Å². The normalized spacial score (nSPS) is 17.1. The van der Waals surface area contributed by atoms with Crippen molar-refractivity contribution in [3.63, 3.8) is 0 Å². The van der Waals surface area contributed by atoms with Gasteiger partial charge in [0.2, 0.25) is 17.7 Å². The van der Waals surface area contributed by atoms with E-state index in [4.69, 9.17) is 22.3 Å². The second-order valence-electron chi connectivity index (χ2n) is 21.8. The maximum Gasteiger partial charge on any atom is 0.251 e. The number of guanidine groups is 2. The molecule has 4 atom stereocenters. The third-order valence-electron chi connectivity index (χ3n) is 15.8. The zero-order chi connectivity index (χ0) is 59.3. The van der Waals surface area contributed by atoms with E-state index in [0.29, 0.717) is 89.8 Å². The van der Waals surface area contributed by atoms with Crippen LogP contribution in [0.1, 0.15) is 88.8 Å². The van der Waals surface area contributed by atoms with Gasteiger partial charge in [0.15, 0.2) is 11.9 Å². The minimum Gasteiger partial charge on any atom is -0.370 e. The Labute approximate surface area is 498 Å². The molecule has 2 aliphatic heterocycles. The maximum atomic E-state index is 14.2. The Kier molecular flexibility index (Phi) is 21.4. The smallest absolute Gasteiger partial charge is 0.251 e. The summed E-state index contributed by atoms with van der Waals surface area (Å²) in [4.78, 5) is 58.4. The minimum atomic E-state index is -0.446. The summed E-state index contributed by atoms with van der Waals surface area (Å²) in [6.07, 6.45) is 4.15. The molecule has 8 aromatic rings. The van der Waals surface area contributed by atoms with Crippen molar-refractivity contribution in [1.82, 2.24) is 41.7 Å². The third kappa shape index (κ3) is 16.9. The number of carbonyl (C=O) groups is 4. The number of nitrogens with one attached hydrogen (secondary N) is 8. The van der Waals surface area contributed by atoms with Gasteiger partial charge < -0.3 is 53.2 Å². The number of nitrogens with zero attached hydrogens (tertiary/aromatic N) is 2. The average Bonchev–Trinajstić information content (AvgIpc) is 4.05. The van der Waals surface area contributed by atoms with Crippen LogP contribution in [0.5, 0.6) is 0 Å². The maximum absolute atomic E-state index is 14.2. The van der Waals surface area contributed by atoms with Crippen molar-refractivity contribution in [3.8, 4) is 0 Å². The molecular weight excluding hydrogens is 1060 g/mol. The molecule has 0 aliphatic carbocycles. The second-order valence-corrected chi connectivity index (χ2v) is 21.8. The number of hydrogen-bond acceptors (Lipinski definition) is 8. The van der Waals surface area contributed by atoms with Crippen molar-refractivity contribution in [2.75, 3.05) is 39.3 Å². The van der Waals surface area contributed by atoms with E-state index in [-0.39, 0.29) is 59.7 Å². The van der Waals surface area contributed by atoms with Crippen LogP contribution in [-0.4, -0.2) is 109 Å². The number of carbonyl (C=O) groups excluding carboxylic acids is 4. The molecule has 4 amide bonds. The standard InChI is InChI=1S/C35H40N6O2.C34H38N6O2/c36-35(37)38-20-9-16-31-34(43)41(33(27-11-3-1-4-12-27)28-13-5-2-6-14-28)21-19-30(40-31)24-39-32(42)23-25-17-18-26-10-7-8-15-29(26)22-25;35-34(36)37-20-9-16-30-33(42)40(31(25-11-3-1-4-12-25)26-13-5-2-6-14-26)21-19-29(39-30)23-38-32(41)28-18-17-24-10-7-8-15-27(24)22-28/h1-8,10-15,17-18,22,30-31,33,40H,9,16,19-21,23-24H2,(H,39,42)(H4,36,37,38);1-8,10-15,17-18,22,29-31,39H,9,16,19-21,23H2,(H,38,41)(H4,35,36,37)/t30-,31-;29-,30-/m00/s1. The Morgan fingerprint density at radius 1 is 0.482 bits per heavy atom. The van der Waals surface area contributed by atoms with Gasteiger partial charge in [-0.25, -0.2) is 0 Å². The van der Waals surface area contributed by atoms with E-state index in [9.17, 15) is 19.2 Å². The molecule has 2 saturated heterocycles. The zero-order valence-corrected chi connectivity index (χ0v) is 48.0. The molecule has 2 aliphatic rings. The Morgan fingerprint density at radius 3 is 1.31 bits per heavy atom. The van der Waals surface area contributed by atoms with Gasteiger partial charge in [0, 0.05) is 56.9 Å². The molecule has 10 rings (SSSR count). The largest absolute Gasteiger partial charge is 0.370 e. The minimum absolute atomic E-state index is 0.0267. The fourth-order valence-corrected chi connectivity index (χ4v) is 11.5. The first-order valence-corrected chi connectivity index (χ1v) is 29.5. The molecular formula is C69H78N12O4. The molecule has 16 nitrogen and oxygen atoms in total. The van der Waals surface area contributed by atoms with Crippen LogP contribution in [0.3, 0.4) is 0 Å². The van der Waals surface area contributed by atoms with Gasteiger partial charge >= 0.3 is 0 Å². The topological polar surface area (TPSA) is 247 Å². The molecule has 85 heavy (non-hydrogen) atoms. The van der Waals surface area contributed by atoms with Crippen molar-refractivity contribution < 1.29 is 19.2 Å². The van der Waals surface area contributed by atoms with Crippen molar-refractivity contribution in [3.05, 3.63) is 240 Å². The van der Waals surface area contributed by atoms with Gasteiger partial charge in [0.25, 0.3) is 5.91 Å². The molecule has 8 aromatic carbocycles. The van der Waals surface area contributed by atoms with Gasteiger partial charge in [-0.15, -0.1) is 0 Å². The van der Waals surface area contributed by atoms with Crippen LogP contribution in [0, 0.1) is 10.8 Å². The van der Waals surface area contributed by atoms with Gasteiger partial charge in [-0.2, -0.15) is 0 Å². The van der Waals surface area contributed by atoms with Crippen molar-refractivity contribution >= 4 is 57.1 Å². The summed E-state index contributed by atoms with van der Waals surface area (Å²) in [5.41, 5.74) is 16.7. The Hall–Kier alpha value is -9.38. The van der Waals surface area contributed by atoms with Gasteiger partial charge in [-0.3, -0.25) is 30.0 Å². The molecule has 0 saturated carbocycles. The first-order chi connectivity index (χ1) is 41.5. The number of hydrogen-bond donors (Lipinski definition) is 10. The highest BCUT2D eigenvalue weighted by Crippen LogP contribution is 2.33. The van der Waals surface area contributed by atoms with Crippen molar-refractivity contribution in [2.45, 2.75) is 81.2 Å². The van der Waals surface area contributed by atoms with Gasteiger partial charge in [0.05, 0.1) is 30.6 Å². The first kappa shape index (κ1) is 60.2. The van der Waals surface area contributed by atoms with Crippen molar-refractivity contribution in [2.24, 2.45) is 11.5 Å². The van der Waals surface area contributed by atoms with Crippen LogP contribution in [0.25, 0.3) is 21.5 Å². The van der Waals surface area contributed by atoms with Crippen LogP contribution >= 0.6 is 0 Å². The molecule has 0 spiro atoms. The Morgan fingerprint density at radius 2 is 0.871 bits per heavy atom. The monoisotopic (exact) mass is 1140 g/mol. The highest BCUT2D eigenvalue weighted by molar-refractivity contribution is 5.98. The fraction of sp³-hybridized carbons (Fsp3) is 0.275. The highest BCUT2D eigenvalue weighted by atomic mass is 16.2. The van der Waals surface area contributed by atoms with E-state index in [0.717, 1.165) is 49.4 Å². The number of fused-ring (bicyclic) bond motifs is 2.